The van der Waals surface area contributed by atoms with Gasteiger partial charge < -0.3 is 10.1 Å². The molecule has 0 atom stereocenters. The maximum Gasteiger partial charge on any atom is 0.339 e. The number of hydrogen-bond acceptors (Lipinski definition) is 6. The summed E-state index contributed by atoms with van der Waals surface area (Å²) in [6, 6.07) is 11.5. The van der Waals surface area contributed by atoms with Crippen molar-refractivity contribution >= 4 is 40.9 Å². The molecule has 0 saturated carbocycles. The molecule has 0 unspecified atom stereocenters. The fourth-order valence-corrected chi connectivity index (χ4v) is 3.09. The Bertz CT molecular complexity index is 842. The van der Waals surface area contributed by atoms with E-state index in [1.807, 2.05) is 12.1 Å². The summed E-state index contributed by atoms with van der Waals surface area (Å²) in [7, 11) is 0. The van der Waals surface area contributed by atoms with E-state index >= 15 is 0 Å². The largest absolute Gasteiger partial charge is 0.452 e. The molecular weight excluding hydrogens is 392 g/mol. The summed E-state index contributed by atoms with van der Waals surface area (Å²) in [5, 5.41) is 14.2. The fraction of sp³-hybridized carbons (Fsp3) is 0.222. The van der Waals surface area contributed by atoms with Crippen LogP contribution in [0.15, 0.2) is 47.4 Å². The van der Waals surface area contributed by atoms with E-state index < -0.39 is 23.4 Å². The lowest BCUT2D eigenvalue weighted by Crippen LogP contribution is -2.30. The van der Waals surface area contributed by atoms with E-state index in [-0.39, 0.29) is 16.8 Å². The highest BCUT2D eigenvalue weighted by atomic mass is 35.5. The quantitative estimate of drug-likeness (QED) is 0.235. The number of nitrogens with one attached hydrogen (secondary N) is 1. The average Bonchev–Trinajstić information content (AvgIpc) is 2.64. The van der Waals surface area contributed by atoms with E-state index in [2.05, 4.69) is 5.32 Å². The lowest BCUT2D eigenvalue weighted by molar-refractivity contribution is -0.385. The molecule has 0 bridgehead atoms. The second-order valence-electron chi connectivity index (χ2n) is 5.44. The van der Waals surface area contributed by atoms with E-state index in [0.717, 1.165) is 4.90 Å². The van der Waals surface area contributed by atoms with Crippen LogP contribution in [0.1, 0.15) is 15.9 Å². The van der Waals surface area contributed by atoms with Crippen molar-refractivity contribution in [2.75, 3.05) is 18.9 Å². The van der Waals surface area contributed by atoms with Crippen LogP contribution in [0.25, 0.3) is 0 Å². The lowest BCUT2D eigenvalue weighted by atomic mass is 10.1. The number of carbonyl (C=O) groups is 2. The number of nitro groups is 1. The molecule has 0 aliphatic carbocycles. The van der Waals surface area contributed by atoms with E-state index in [1.165, 1.54) is 25.1 Å². The van der Waals surface area contributed by atoms with E-state index in [9.17, 15) is 19.7 Å². The molecule has 0 aromatic heterocycles. The Morgan fingerprint density at radius 2 is 1.93 bits per heavy atom. The summed E-state index contributed by atoms with van der Waals surface area (Å²) in [6.07, 6.45) is 0. The minimum atomic E-state index is -0.776. The summed E-state index contributed by atoms with van der Waals surface area (Å²) in [4.78, 5) is 35.2. The zero-order valence-corrected chi connectivity index (χ0v) is 16.0. The smallest absolute Gasteiger partial charge is 0.339 e. The van der Waals surface area contributed by atoms with Gasteiger partial charge in [-0.05, 0) is 37.3 Å². The number of ether oxygens (including phenoxy) is 1. The molecule has 0 heterocycles. The van der Waals surface area contributed by atoms with Gasteiger partial charge in [0.1, 0.15) is 0 Å². The summed E-state index contributed by atoms with van der Waals surface area (Å²) < 4.78 is 4.94. The fourth-order valence-electron chi connectivity index (χ4n) is 2.19. The lowest BCUT2D eigenvalue weighted by Gasteiger charge is -2.08. The highest BCUT2D eigenvalue weighted by Crippen LogP contribution is 2.22. The van der Waals surface area contributed by atoms with E-state index in [4.69, 9.17) is 16.3 Å². The molecule has 7 nitrogen and oxygen atoms in total. The zero-order valence-electron chi connectivity index (χ0n) is 14.4. The Hall–Kier alpha value is -2.58. The first-order valence-electron chi connectivity index (χ1n) is 7.94. The summed E-state index contributed by atoms with van der Waals surface area (Å²) in [5.41, 5.74) is 0.0932. The third-order valence-corrected chi connectivity index (χ3v) is 4.83. The first-order chi connectivity index (χ1) is 12.9. The van der Waals surface area contributed by atoms with Crippen LogP contribution >= 0.6 is 23.4 Å². The number of carbonyl (C=O) groups excluding carboxylic acids is 2. The maximum atomic E-state index is 12.0. The zero-order chi connectivity index (χ0) is 19.8. The maximum absolute atomic E-state index is 12.0. The van der Waals surface area contributed by atoms with Crippen molar-refractivity contribution < 1.29 is 19.2 Å². The number of benzene rings is 2. The van der Waals surface area contributed by atoms with Gasteiger partial charge in [0, 0.05) is 33.8 Å². The molecule has 0 radical (unpaired) electrons. The molecule has 142 valence electrons. The normalized spacial score (nSPS) is 10.3. The van der Waals surface area contributed by atoms with Crippen molar-refractivity contribution in [2.24, 2.45) is 0 Å². The third kappa shape index (κ3) is 6.26. The summed E-state index contributed by atoms with van der Waals surface area (Å²) >= 11 is 7.37. The molecule has 0 saturated heterocycles. The number of nitrogens with zero attached hydrogens (tertiary/aromatic N) is 1. The topological polar surface area (TPSA) is 98.5 Å². The molecule has 0 fully saturated rings. The third-order valence-electron chi connectivity index (χ3n) is 3.56. The van der Waals surface area contributed by atoms with Crippen molar-refractivity contribution in [2.45, 2.75) is 11.8 Å². The van der Waals surface area contributed by atoms with Crippen LogP contribution in [-0.4, -0.2) is 35.7 Å². The number of esters is 1. The highest BCUT2D eigenvalue weighted by Gasteiger charge is 2.19. The van der Waals surface area contributed by atoms with Gasteiger partial charge in [-0.15, -0.1) is 11.8 Å². The summed E-state index contributed by atoms with van der Waals surface area (Å²) in [5.74, 6) is -0.573. The summed E-state index contributed by atoms with van der Waals surface area (Å²) in [6.45, 7) is 1.41. The van der Waals surface area contributed by atoms with Gasteiger partial charge >= 0.3 is 5.97 Å². The number of thioether (sulfide) groups is 1. The molecule has 0 spiro atoms. The second-order valence-corrected chi connectivity index (χ2v) is 7.04. The molecule has 2 aromatic carbocycles. The Morgan fingerprint density at radius 3 is 2.59 bits per heavy atom. The van der Waals surface area contributed by atoms with E-state index in [0.29, 0.717) is 17.3 Å². The van der Waals surface area contributed by atoms with Gasteiger partial charge in [0.25, 0.3) is 11.6 Å². The number of nitro benzene ring substituents is 1. The monoisotopic (exact) mass is 408 g/mol. The molecular formula is C18H17ClN2O5S. The molecule has 0 aliphatic heterocycles. The number of rotatable bonds is 8. The molecule has 9 heteroatoms. The van der Waals surface area contributed by atoms with Gasteiger partial charge in [0.05, 0.1) is 10.5 Å². The van der Waals surface area contributed by atoms with Gasteiger partial charge in [-0.2, -0.15) is 0 Å². The van der Waals surface area contributed by atoms with Crippen molar-refractivity contribution in [1.29, 1.82) is 0 Å². The molecule has 0 aliphatic rings. The highest BCUT2D eigenvalue weighted by molar-refractivity contribution is 7.99. The van der Waals surface area contributed by atoms with Crippen LogP contribution in [0.4, 0.5) is 5.69 Å². The van der Waals surface area contributed by atoms with Crippen LogP contribution in [0, 0.1) is 17.0 Å². The van der Waals surface area contributed by atoms with Crippen LogP contribution < -0.4 is 5.32 Å². The van der Waals surface area contributed by atoms with E-state index in [1.54, 1.807) is 23.9 Å². The van der Waals surface area contributed by atoms with Crippen molar-refractivity contribution in [3.8, 4) is 0 Å². The minimum Gasteiger partial charge on any atom is -0.452 e. The molecule has 2 rings (SSSR count). The van der Waals surface area contributed by atoms with Crippen LogP contribution in [0.3, 0.4) is 0 Å². The molecule has 27 heavy (non-hydrogen) atoms. The minimum absolute atomic E-state index is 0.0651. The SMILES string of the molecule is Cc1c(C(=O)OCC(=O)NCCSc2ccc(Cl)cc2)cccc1[N+](=O)[O-]. The van der Waals surface area contributed by atoms with Gasteiger partial charge in [-0.3, -0.25) is 14.9 Å². The predicted molar refractivity (Wildman–Crippen MR) is 103 cm³/mol. The number of amides is 1. The number of halogens is 1. The molecule has 1 N–H and O–H groups in total. The van der Waals surface area contributed by atoms with Crippen LogP contribution in [0.5, 0.6) is 0 Å². The van der Waals surface area contributed by atoms with Gasteiger partial charge in [0.15, 0.2) is 6.61 Å². The van der Waals surface area contributed by atoms with Gasteiger partial charge in [0.2, 0.25) is 0 Å². The van der Waals surface area contributed by atoms with Crippen molar-refractivity contribution in [3.63, 3.8) is 0 Å². The Labute approximate surface area is 165 Å². The first-order valence-corrected chi connectivity index (χ1v) is 9.31. The Balaban J connectivity index is 1.75. The standard InChI is InChI=1S/C18H17ClN2O5S/c1-12-15(3-2-4-16(12)21(24)25)18(23)26-11-17(22)20-9-10-27-14-7-5-13(19)6-8-14/h2-8H,9-11H2,1H3,(H,20,22). The Morgan fingerprint density at radius 1 is 1.22 bits per heavy atom. The van der Waals surface area contributed by atoms with Crippen molar-refractivity contribution in [1.82, 2.24) is 5.32 Å². The number of hydrogen-bond donors (Lipinski definition) is 1. The second kappa shape index (κ2) is 9.94. The average molecular weight is 409 g/mol. The predicted octanol–water partition coefficient (Wildman–Crippen LogP) is 3.62. The molecule has 2 aromatic rings. The van der Waals surface area contributed by atoms with Crippen LogP contribution in [0.2, 0.25) is 5.02 Å². The van der Waals surface area contributed by atoms with Crippen LogP contribution in [-0.2, 0) is 9.53 Å². The molecule has 1 amide bonds. The first kappa shape index (κ1) is 20.7. The Kier molecular flexibility index (Phi) is 7.63. The van der Waals surface area contributed by atoms with Crippen molar-refractivity contribution in [3.05, 3.63) is 68.7 Å². The van der Waals surface area contributed by atoms with Gasteiger partial charge in [-0.25, -0.2) is 4.79 Å². The van der Waals surface area contributed by atoms with Gasteiger partial charge in [-0.1, -0.05) is 17.7 Å².